The number of piperazine rings is 1. The van der Waals surface area contributed by atoms with E-state index in [1.54, 1.807) is 18.1 Å². The number of fused-ring (bicyclic) bond motifs is 1. The van der Waals surface area contributed by atoms with Crippen molar-refractivity contribution in [3.05, 3.63) is 42.2 Å². The van der Waals surface area contributed by atoms with Gasteiger partial charge in [0, 0.05) is 73.9 Å². The Morgan fingerprint density at radius 3 is 2.43 bits per heavy atom. The van der Waals surface area contributed by atoms with E-state index in [-0.39, 0.29) is 6.61 Å². The molecule has 0 bridgehead atoms. The van der Waals surface area contributed by atoms with Gasteiger partial charge in [0.2, 0.25) is 5.95 Å². The first-order valence-corrected chi connectivity index (χ1v) is 14.6. The fraction of sp³-hybridized carbons (Fsp3) is 0.500. The van der Waals surface area contributed by atoms with E-state index in [0.29, 0.717) is 37.1 Å². The highest BCUT2D eigenvalue weighted by Gasteiger charge is 2.25. The fourth-order valence-corrected chi connectivity index (χ4v) is 6.42. The topological polar surface area (TPSA) is 98.6 Å². The molecule has 2 aromatic heterocycles. The SMILES string of the molecule is O=S1CCN(c2nc(N3CCN(CCO)CC3)nc3c(SCCc4ccccc4)ncnc23)CC1. The average molecular weight is 514 g/mol. The highest BCUT2D eigenvalue weighted by Crippen LogP contribution is 2.31. The second kappa shape index (κ2) is 11.6. The molecular weight excluding hydrogens is 482 g/mol. The highest BCUT2D eigenvalue weighted by molar-refractivity contribution is 7.99. The number of nitrogens with zero attached hydrogens (tertiary/aromatic N) is 7. The molecule has 3 aromatic rings. The minimum Gasteiger partial charge on any atom is -0.395 e. The maximum absolute atomic E-state index is 12.0. The van der Waals surface area contributed by atoms with Crippen LogP contribution in [0.3, 0.4) is 0 Å². The predicted octanol–water partition coefficient (Wildman–Crippen LogP) is 1.44. The van der Waals surface area contributed by atoms with Gasteiger partial charge in [0.25, 0.3) is 0 Å². The van der Waals surface area contributed by atoms with Crippen molar-refractivity contribution in [3.8, 4) is 0 Å². The first-order chi connectivity index (χ1) is 17.2. The van der Waals surface area contributed by atoms with Gasteiger partial charge in [-0.2, -0.15) is 4.98 Å². The van der Waals surface area contributed by atoms with E-state index in [1.165, 1.54) is 5.56 Å². The molecule has 0 aliphatic carbocycles. The Hall–Kier alpha value is -2.34. The molecule has 35 heavy (non-hydrogen) atoms. The summed E-state index contributed by atoms with van der Waals surface area (Å²) in [6.07, 6.45) is 2.56. The fourth-order valence-electron chi connectivity index (χ4n) is 4.44. The molecule has 0 unspecified atom stereocenters. The molecular formula is C24H31N7O2S2. The van der Waals surface area contributed by atoms with E-state index in [4.69, 9.17) is 9.97 Å². The van der Waals surface area contributed by atoms with Crippen molar-refractivity contribution in [2.24, 2.45) is 0 Å². The molecule has 2 aliphatic heterocycles. The normalized spacial score (nSPS) is 17.9. The van der Waals surface area contributed by atoms with Crippen LogP contribution in [0.1, 0.15) is 5.56 Å². The van der Waals surface area contributed by atoms with Gasteiger partial charge in [0.1, 0.15) is 22.4 Å². The number of benzene rings is 1. The molecule has 9 nitrogen and oxygen atoms in total. The summed E-state index contributed by atoms with van der Waals surface area (Å²) in [5.41, 5.74) is 2.85. The quantitative estimate of drug-likeness (QED) is 0.352. The number of anilines is 2. The number of hydrogen-bond acceptors (Lipinski definition) is 10. The molecule has 1 aromatic carbocycles. The molecule has 186 valence electrons. The number of β-amino-alcohol motifs (C(OH)–C–C–N with tert-alkyl or cyclic N) is 1. The molecule has 1 N–H and O–H groups in total. The number of aryl methyl sites for hydroxylation is 1. The highest BCUT2D eigenvalue weighted by atomic mass is 32.2. The maximum Gasteiger partial charge on any atom is 0.228 e. The molecule has 2 saturated heterocycles. The van der Waals surface area contributed by atoms with Crippen LogP contribution in [0.15, 0.2) is 41.7 Å². The van der Waals surface area contributed by atoms with Crippen molar-refractivity contribution in [1.29, 1.82) is 0 Å². The smallest absolute Gasteiger partial charge is 0.228 e. The summed E-state index contributed by atoms with van der Waals surface area (Å²) in [5, 5.41) is 10.1. The van der Waals surface area contributed by atoms with Crippen LogP contribution in [-0.4, -0.2) is 104 Å². The van der Waals surface area contributed by atoms with Crippen molar-refractivity contribution in [1.82, 2.24) is 24.8 Å². The molecule has 5 rings (SSSR count). The molecule has 11 heteroatoms. The third-order valence-corrected chi connectivity index (χ3v) is 8.70. The summed E-state index contributed by atoms with van der Waals surface area (Å²) in [6, 6.07) is 10.5. The van der Waals surface area contributed by atoms with Crippen LogP contribution >= 0.6 is 11.8 Å². The molecule has 0 atom stereocenters. The second-order valence-electron chi connectivity index (χ2n) is 8.69. The molecule has 0 amide bonds. The van der Waals surface area contributed by atoms with Gasteiger partial charge in [-0.05, 0) is 12.0 Å². The lowest BCUT2D eigenvalue weighted by Crippen LogP contribution is -2.48. The largest absolute Gasteiger partial charge is 0.395 e. The predicted molar refractivity (Wildman–Crippen MR) is 142 cm³/mol. The zero-order valence-corrected chi connectivity index (χ0v) is 21.4. The standard InChI is InChI=1S/C24H31N7O2S2/c32-14-11-29-7-9-31(10-8-29)24-27-21-20(22(28-24)30-12-16-35(33)17-13-30)25-18-26-23(21)34-15-6-19-4-2-1-3-5-19/h1-5,18,32H,6-17H2. The van der Waals surface area contributed by atoms with E-state index in [9.17, 15) is 9.32 Å². The van der Waals surface area contributed by atoms with Crippen LogP contribution in [-0.2, 0) is 17.2 Å². The Kier molecular flexibility index (Phi) is 8.07. The van der Waals surface area contributed by atoms with Gasteiger partial charge in [-0.25, -0.2) is 15.0 Å². The molecule has 2 aliphatic rings. The first kappa shape index (κ1) is 24.4. The summed E-state index contributed by atoms with van der Waals surface area (Å²) < 4.78 is 12.0. The summed E-state index contributed by atoms with van der Waals surface area (Å²) >= 11 is 1.70. The Morgan fingerprint density at radius 2 is 1.69 bits per heavy atom. The van der Waals surface area contributed by atoms with E-state index in [1.807, 2.05) is 6.07 Å². The summed E-state index contributed by atoms with van der Waals surface area (Å²) in [5.74, 6) is 3.69. The maximum atomic E-state index is 12.0. The Balaban J connectivity index is 1.44. The average Bonchev–Trinajstić information content (AvgIpc) is 2.90. The lowest BCUT2D eigenvalue weighted by Gasteiger charge is -2.35. The van der Waals surface area contributed by atoms with E-state index in [2.05, 4.69) is 48.9 Å². The third kappa shape index (κ3) is 5.91. The number of hydrogen-bond donors (Lipinski definition) is 1. The zero-order valence-electron chi connectivity index (χ0n) is 19.8. The lowest BCUT2D eigenvalue weighted by atomic mass is 10.2. The van der Waals surface area contributed by atoms with Crippen molar-refractivity contribution >= 4 is 45.4 Å². The summed E-state index contributed by atoms with van der Waals surface area (Å²) in [4.78, 5) is 25.8. The van der Waals surface area contributed by atoms with E-state index in [0.717, 1.165) is 60.2 Å². The molecule has 0 radical (unpaired) electrons. The van der Waals surface area contributed by atoms with Gasteiger partial charge in [0.15, 0.2) is 5.82 Å². The van der Waals surface area contributed by atoms with Crippen LogP contribution in [0.2, 0.25) is 0 Å². The zero-order chi connectivity index (χ0) is 24.0. The summed E-state index contributed by atoms with van der Waals surface area (Å²) in [6.45, 7) is 5.60. The summed E-state index contributed by atoms with van der Waals surface area (Å²) in [7, 11) is -0.769. The van der Waals surface area contributed by atoms with Crippen LogP contribution in [0.4, 0.5) is 11.8 Å². The monoisotopic (exact) mass is 513 g/mol. The molecule has 4 heterocycles. The van der Waals surface area contributed by atoms with Crippen molar-refractivity contribution in [2.45, 2.75) is 11.4 Å². The number of aliphatic hydroxyl groups is 1. The van der Waals surface area contributed by atoms with Gasteiger partial charge in [-0.3, -0.25) is 9.11 Å². The van der Waals surface area contributed by atoms with Gasteiger partial charge in [-0.15, -0.1) is 11.8 Å². The molecule has 0 saturated carbocycles. The van der Waals surface area contributed by atoms with Gasteiger partial charge in [0.05, 0.1) is 6.61 Å². The van der Waals surface area contributed by atoms with Crippen molar-refractivity contribution in [3.63, 3.8) is 0 Å². The first-order valence-electron chi connectivity index (χ1n) is 12.1. The molecule has 2 fully saturated rings. The van der Waals surface area contributed by atoms with Crippen LogP contribution < -0.4 is 9.80 Å². The van der Waals surface area contributed by atoms with E-state index < -0.39 is 10.8 Å². The van der Waals surface area contributed by atoms with Gasteiger partial charge < -0.3 is 14.9 Å². The van der Waals surface area contributed by atoms with Gasteiger partial charge in [-0.1, -0.05) is 30.3 Å². The van der Waals surface area contributed by atoms with E-state index >= 15 is 0 Å². The minimum atomic E-state index is -0.769. The minimum absolute atomic E-state index is 0.174. The Morgan fingerprint density at radius 1 is 0.914 bits per heavy atom. The lowest BCUT2D eigenvalue weighted by molar-refractivity contribution is 0.188. The van der Waals surface area contributed by atoms with Crippen molar-refractivity contribution < 1.29 is 9.32 Å². The van der Waals surface area contributed by atoms with Crippen LogP contribution in [0.25, 0.3) is 11.0 Å². The molecule has 0 spiro atoms. The number of thioether (sulfide) groups is 1. The number of aromatic nitrogens is 4. The third-order valence-electron chi connectivity index (χ3n) is 6.44. The number of rotatable bonds is 8. The number of aliphatic hydroxyl groups excluding tert-OH is 1. The Labute approximate surface area is 212 Å². The van der Waals surface area contributed by atoms with Crippen LogP contribution in [0, 0.1) is 0 Å². The van der Waals surface area contributed by atoms with Crippen LogP contribution in [0.5, 0.6) is 0 Å². The Bertz CT molecular complexity index is 1150. The van der Waals surface area contributed by atoms with Crippen molar-refractivity contribution in [2.75, 3.05) is 79.5 Å². The van der Waals surface area contributed by atoms with Gasteiger partial charge >= 0.3 is 0 Å². The second-order valence-corrected chi connectivity index (χ2v) is 11.5.